The van der Waals surface area contributed by atoms with Crippen molar-refractivity contribution < 1.29 is 4.79 Å². The normalized spacial score (nSPS) is 25.5. The van der Waals surface area contributed by atoms with Crippen LogP contribution in [0, 0.1) is 11.3 Å². The fourth-order valence-electron chi connectivity index (χ4n) is 5.84. The summed E-state index contributed by atoms with van der Waals surface area (Å²) in [5, 5.41) is 0. The van der Waals surface area contributed by atoms with E-state index < -0.39 is 0 Å². The van der Waals surface area contributed by atoms with Crippen LogP contribution in [0.25, 0.3) is 0 Å². The summed E-state index contributed by atoms with van der Waals surface area (Å²) in [6, 6.07) is 14.9. The Morgan fingerprint density at radius 2 is 1.81 bits per heavy atom. The van der Waals surface area contributed by atoms with Gasteiger partial charge < -0.3 is 9.80 Å². The first-order valence-electron chi connectivity index (χ1n) is 11.8. The van der Waals surface area contributed by atoms with Crippen LogP contribution in [-0.4, -0.2) is 65.4 Å². The predicted octanol–water partition coefficient (Wildman–Crippen LogP) is 3.20. The SMILES string of the molecule is CN1CCC(C(=O)N2Cc3ccccc3CC3(CCN(Cc4ccccn4)C3)C2)CC1. The molecule has 3 aliphatic rings. The molecule has 3 aliphatic heterocycles. The highest BCUT2D eigenvalue weighted by molar-refractivity contribution is 5.79. The molecular weight excluding hydrogens is 384 g/mol. The monoisotopic (exact) mass is 418 g/mol. The van der Waals surface area contributed by atoms with E-state index in [2.05, 4.69) is 63.1 Å². The van der Waals surface area contributed by atoms with E-state index in [9.17, 15) is 4.79 Å². The highest BCUT2D eigenvalue weighted by Crippen LogP contribution is 2.40. The molecule has 0 N–H and O–H groups in total. The average Bonchev–Trinajstić information content (AvgIpc) is 3.08. The molecule has 4 heterocycles. The van der Waals surface area contributed by atoms with Gasteiger partial charge in [-0.2, -0.15) is 0 Å². The minimum Gasteiger partial charge on any atom is -0.338 e. The van der Waals surface area contributed by atoms with E-state index in [4.69, 9.17) is 0 Å². The Kier molecular flexibility index (Phi) is 5.81. The van der Waals surface area contributed by atoms with Crippen molar-refractivity contribution in [2.45, 2.75) is 38.8 Å². The molecule has 5 nitrogen and oxygen atoms in total. The van der Waals surface area contributed by atoms with Crippen LogP contribution in [-0.2, 0) is 24.3 Å². The lowest BCUT2D eigenvalue weighted by Gasteiger charge is -2.36. The van der Waals surface area contributed by atoms with E-state index in [1.165, 1.54) is 11.1 Å². The van der Waals surface area contributed by atoms with Gasteiger partial charge in [-0.25, -0.2) is 0 Å². The van der Waals surface area contributed by atoms with Gasteiger partial charge in [0.1, 0.15) is 0 Å². The van der Waals surface area contributed by atoms with Crippen LogP contribution < -0.4 is 0 Å². The molecule has 1 unspecified atom stereocenters. The fourth-order valence-corrected chi connectivity index (χ4v) is 5.84. The lowest BCUT2D eigenvalue weighted by Crippen LogP contribution is -2.46. The number of benzene rings is 1. The Morgan fingerprint density at radius 1 is 1.03 bits per heavy atom. The number of carbonyl (C=O) groups is 1. The third kappa shape index (κ3) is 4.53. The summed E-state index contributed by atoms with van der Waals surface area (Å²) in [6.45, 7) is 6.72. The van der Waals surface area contributed by atoms with Crippen molar-refractivity contribution in [2.24, 2.45) is 11.3 Å². The summed E-state index contributed by atoms with van der Waals surface area (Å²) in [5.41, 5.74) is 4.04. The first-order valence-corrected chi connectivity index (χ1v) is 11.8. The Balaban J connectivity index is 1.37. The van der Waals surface area contributed by atoms with Crippen molar-refractivity contribution in [2.75, 3.05) is 39.8 Å². The smallest absolute Gasteiger partial charge is 0.226 e. The molecule has 1 amide bonds. The number of fused-ring (bicyclic) bond motifs is 1. The molecular formula is C26H34N4O. The molecule has 0 saturated carbocycles. The Hall–Kier alpha value is -2.24. The molecule has 2 aromatic rings. The van der Waals surface area contributed by atoms with E-state index in [0.717, 1.165) is 77.2 Å². The summed E-state index contributed by atoms with van der Waals surface area (Å²) in [6.07, 6.45) is 6.08. The van der Waals surface area contributed by atoms with Crippen LogP contribution in [0.2, 0.25) is 0 Å². The lowest BCUT2D eigenvalue weighted by molar-refractivity contribution is -0.139. The van der Waals surface area contributed by atoms with Crippen LogP contribution in [0.15, 0.2) is 48.7 Å². The number of aromatic nitrogens is 1. The van der Waals surface area contributed by atoms with E-state index in [1.54, 1.807) is 0 Å². The standard InChI is InChI=1S/C26H34N4O/c1-28-13-9-21(10-14-28)25(31)30-17-23-7-3-2-6-22(23)16-26(20-30)11-15-29(19-26)18-24-8-4-5-12-27-24/h2-8,12,21H,9-11,13-20H2,1H3. The maximum atomic E-state index is 13.6. The van der Waals surface area contributed by atoms with Crippen molar-refractivity contribution in [3.8, 4) is 0 Å². The van der Waals surface area contributed by atoms with E-state index in [0.29, 0.717) is 5.91 Å². The predicted molar refractivity (Wildman–Crippen MR) is 122 cm³/mol. The van der Waals surface area contributed by atoms with Crippen molar-refractivity contribution in [3.05, 3.63) is 65.5 Å². The average molecular weight is 419 g/mol. The molecule has 1 spiro atoms. The minimum atomic E-state index is 0.141. The molecule has 31 heavy (non-hydrogen) atoms. The fraction of sp³-hybridized carbons (Fsp3) is 0.538. The molecule has 0 radical (unpaired) electrons. The van der Waals surface area contributed by atoms with Crippen LogP contribution in [0.5, 0.6) is 0 Å². The second-order valence-electron chi connectivity index (χ2n) is 10.00. The third-order valence-corrected chi connectivity index (χ3v) is 7.58. The number of rotatable bonds is 3. The van der Waals surface area contributed by atoms with Gasteiger partial charge >= 0.3 is 0 Å². The van der Waals surface area contributed by atoms with Crippen LogP contribution in [0.3, 0.4) is 0 Å². The number of amides is 1. The summed E-state index contributed by atoms with van der Waals surface area (Å²) < 4.78 is 0. The van der Waals surface area contributed by atoms with Gasteiger partial charge in [-0.1, -0.05) is 30.3 Å². The van der Waals surface area contributed by atoms with Gasteiger partial charge in [0, 0.05) is 43.7 Å². The van der Waals surface area contributed by atoms with E-state index >= 15 is 0 Å². The lowest BCUT2D eigenvalue weighted by atomic mass is 9.80. The van der Waals surface area contributed by atoms with Gasteiger partial charge in [0.2, 0.25) is 5.91 Å². The second-order valence-corrected chi connectivity index (χ2v) is 10.00. The summed E-state index contributed by atoms with van der Waals surface area (Å²) in [5.74, 6) is 0.567. The molecule has 0 aliphatic carbocycles. The van der Waals surface area contributed by atoms with Crippen molar-refractivity contribution in [3.63, 3.8) is 0 Å². The van der Waals surface area contributed by atoms with Gasteiger partial charge in [-0.15, -0.1) is 0 Å². The molecule has 164 valence electrons. The van der Waals surface area contributed by atoms with Crippen molar-refractivity contribution >= 4 is 5.91 Å². The Morgan fingerprint density at radius 3 is 2.58 bits per heavy atom. The van der Waals surface area contributed by atoms with Gasteiger partial charge in [0.15, 0.2) is 0 Å². The number of hydrogen-bond acceptors (Lipinski definition) is 4. The quantitative estimate of drug-likeness (QED) is 0.768. The Bertz CT molecular complexity index is 909. The summed E-state index contributed by atoms with van der Waals surface area (Å²) in [7, 11) is 2.16. The van der Waals surface area contributed by atoms with Gasteiger partial charge in [0.05, 0.1) is 5.69 Å². The molecule has 1 atom stereocenters. The molecule has 0 bridgehead atoms. The number of hydrogen-bond donors (Lipinski definition) is 0. The maximum Gasteiger partial charge on any atom is 0.226 e. The first kappa shape index (κ1) is 20.7. The highest BCUT2D eigenvalue weighted by atomic mass is 16.2. The molecule has 1 aromatic heterocycles. The zero-order valence-electron chi connectivity index (χ0n) is 18.7. The first-order chi connectivity index (χ1) is 15.1. The molecule has 5 heteroatoms. The number of likely N-dealkylation sites (tertiary alicyclic amines) is 2. The zero-order valence-corrected chi connectivity index (χ0v) is 18.7. The zero-order chi connectivity index (χ0) is 21.3. The van der Waals surface area contributed by atoms with Crippen LogP contribution >= 0.6 is 0 Å². The highest BCUT2D eigenvalue weighted by Gasteiger charge is 2.43. The number of pyridine rings is 1. The van der Waals surface area contributed by atoms with Gasteiger partial charge in [-0.3, -0.25) is 14.7 Å². The van der Waals surface area contributed by atoms with Crippen molar-refractivity contribution in [1.29, 1.82) is 0 Å². The molecule has 2 saturated heterocycles. The third-order valence-electron chi connectivity index (χ3n) is 7.58. The van der Waals surface area contributed by atoms with Crippen LogP contribution in [0.1, 0.15) is 36.1 Å². The Labute approximate surface area is 186 Å². The van der Waals surface area contributed by atoms with Gasteiger partial charge in [0.25, 0.3) is 0 Å². The number of piperidine rings is 1. The van der Waals surface area contributed by atoms with Crippen LogP contribution in [0.4, 0.5) is 0 Å². The minimum absolute atomic E-state index is 0.141. The topological polar surface area (TPSA) is 39.7 Å². The second kappa shape index (κ2) is 8.71. The van der Waals surface area contributed by atoms with E-state index in [-0.39, 0.29) is 11.3 Å². The maximum absolute atomic E-state index is 13.6. The summed E-state index contributed by atoms with van der Waals surface area (Å²) >= 11 is 0. The van der Waals surface area contributed by atoms with Crippen molar-refractivity contribution in [1.82, 2.24) is 19.7 Å². The largest absolute Gasteiger partial charge is 0.338 e. The molecule has 5 rings (SSSR count). The molecule has 2 fully saturated rings. The summed E-state index contributed by atoms with van der Waals surface area (Å²) in [4.78, 5) is 25.2. The number of nitrogens with zero attached hydrogens (tertiary/aromatic N) is 4. The van der Waals surface area contributed by atoms with Gasteiger partial charge in [-0.05, 0) is 75.6 Å². The van der Waals surface area contributed by atoms with E-state index in [1.807, 2.05) is 12.3 Å². The molecule has 1 aromatic carbocycles. The number of carbonyl (C=O) groups excluding carboxylic acids is 1.